The maximum atomic E-state index is 11.9. The Hall–Kier alpha value is -0.830. The van der Waals surface area contributed by atoms with Crippen LogP contribution < -0.4 is 5.32 Å². The second kappa shape index (κ2) is 7.82. The van der Waals surface area contributed by atoms with Crippen molar-refractivity contribution in [2.45, 2.75) is 0 Å². The number of halogens is 1. The van der Waals surface area contributed by atoms with Crippen molar-refractivity contribution in [3.05, 3.63) is 22.8 Å². The van der Waals surface area contributed by atoms with E-state index in [0.29, 0.717) is 12.4 Å². The van der Waals surface area contributed by atoms with Gasteiger partial charge in [-0.15, -0.1) is 0 Å². The van der Waals surface area contributed by atoms with E-state index in [9.17, 15) is 4.79 Å². The Labute approximate surface area is 132 Å². The van der Waals surface area contributed by atoms with Crippen LogP contribution in [0.2, 0.25) is 0 Å². The normalized spacial score (nSPS) is 15.9. The van der Waals surface area contributed by atoms with E-state index in [0.717, 1.165) is 37.3 Å². The van der Waals surface area contributed by atoms with Gasteiger partial charge in [-0.25, -0.2) is 9.78 Å². The average Bonchev–Trinajstić information content (AvgIpc) is 2.48. The van der Waals surface area contributed by atoms with Crippen LogP contribution in [0.15, 0.2) is 22.8 Å². The van der Waals surface area contributed by atoms with Crippen LogP contribution in [0.4, 0.5) is 10.6 Å². The molecule has 1 fully saturated rings. The molecule has 2 heterocycles. The van der Waals surface area contributed by atoms with E-state index >= 15 is 0 Å². The van der Waals surface area contributed by atoms with Gasteiger partial charge in [-0.05, 0) is 28.1 Å². The van der Waals surface area contributed by atoms with E-state index in [4.69, 9.17) is 4.74 Å². The van der Waals surface area contributed by atoms with Crippen molar-refractivity contribution in [1.82, 2.24) is 14.2 Å². The molecule has 0 aliphatic carbocycles. The number of aromatic nitrogens is 1. The monoisotopic (exact) mass is 360 g/mol. The van der Waals surface area contributed by atoms with E-state index in [-0.39, 0.29) is 6.03 Å². The zero-order valence-electron chi connectivity index (χ0n) is 11.0. The van der Waals surface area contributed by atoms with Crippen molar-refractivity contribution in [2.75, 3.05) is 44.7 Å². The van der Waals surface area contributed by atoms with Crippen LogP contribution in [-0.2, 0) is 4.74 Å². The number of morpholine rings is 1. The lowest BCUT2D eigenvalue weighted by Crippen LogP contribution is -2.41. The van der Waals surface area contributed by atoms with Gasteiger partial charge in [-0.1, -0.05) is 12.8 Å². The molecule has 0 spiro atoms. The predicted octanol–water partition coefficient (Wildman–Crippen LogP) is 1.85. The minimum Gasteiger partial charge on any atom is -0.379 e. The lowest BCUT2D eigenvalue weighted by Gasteiger charge is -2.28. The molecule has 2 amide bonds. The van der Waals surface area contributed by atoms with Crippen molar-refractivity contribution in [3.63, 3.8) is 0 Å². The molecular weight excluding hydrogens is 344 g/mol. The Morgan fingerprint density at radius 1 is 1.50 bits per heavy atom. The number of carbonyl (C=O) groups is 1. The third-order valence-electron chi connectivity index (χ3n) is 2.93. The van der Waals surface area contributed by atoms with Gasteiger partial charge in [0.05, 0.1) is 13.2 Å². The van der Waals surface area contributed by atoms with Gasteiger partial charge >= 0.3 is 6.03 Å². The average molecular weight is 361 g/mol. The number of hydrogen-bond acceptors (Lipinski definition) is 5. The number of pyridine rings is 1. The Kier molecular flexibility index (Phi) is 6.08. The zero-order valence-corrected chi connectivity index (χ0v) is 13.4. The van der Waals surface area contributed by atoms with Crippen molar-refractivity contribution in [1.29, 1.82) is 0 Å². The van der Waals surface area contributed by atoms with Crippen LogP contribution in [0.25, 0.3) is 0 Å². The predicted molar refractivity (Wildman–Crippen MR) is 83.9 cm³/mol. The van der Waals surface area contributed by atoms with Crippen LogP contribution >= 0.6 is 28.7 Å². The highest BCUT2D eigenvalue weighted by molar-refractivity contribution is 9.10. The smallest absolute Gasteiger partial charge is 0.332 e. The maximum absolute atomic E-state index is 11.9. The summed E-state index contributed by atoms with van der Waals surface area (Å²) in [7, 11) is 0. The quantitative estimate of drug-likeness (QED) is 0.804. The lowest BCUT2D eigenvalue weighted by atomic mass is 10.4. The van der Waals surface area contributed by atoms with Crippen molar-refractivity contribution in [3.8, 4) is 0 Å². The number of ether oxygens (including phenoxy) is 1. The molecule has 0 atom stereocenters. The van der Waals surface area contributed by atoms with Gasteiger partial charge in [0.2, 0.25) is 0 Å². The van der Waals surface area contributed by atoms with E-state index in [1.165, 1.54) is 4.31 Å². The van der Waals surface area contributed by atoms with Gasteiger partial charge in [-0.2, -0.15) is 0 Å². The summed E-state index contributed by atoms with van der Waals surface area (Å²) in [5.74, 6) is 0.503. The number of nitrogens with zero attached hydrogens (tertiary/aromatic N) is 3. The highest BCUT2D eigenvalue weighted by Crippen LogP contribution is 2.11. The number of nitrogens with one attached hydrogen (secondary N) is 1. The molecule has 0 radical (unpaired) electrons. The molecule has 1 N–H and O–H groups in total. The highest BCUT2D eigenvalue weighted by atomic mass is 79.9. The molecule has 0 unspecified atom stereocenters. The van der Waals surface area contributed by atoms with Crippen LogP contribution in [-0.4, -0.2) is 59.6 Å². The number of rotatable bonds is 4. The summed E-state index contributed by atoms with van der Waals surface area (Å²) in [5, 5.41) is 2.69. The van der Waals surface area contributed by atoms with Crippen LogP contribution in [0.3, 0.4) is 0 Å². The van der Waals surface area contributed by atoms with E-state index < -0.39 is 0 Å². The molecule has 1 aromatic rings. The maximum Gasteiger partial charge on any atom is 0.332 e. The van der Waals surface area contributed by atoms with Crippen molar-refractivity contribution in [2.24, 2.45) is 0 Å². The number of carbonyl (C=O) groups excluding carboxylic acids is 1. The number of hydrogen-bond donors (Lipinski definition) is 2. The molecule has 0 bridgehead atoms. The molecule has 1 aliphatic heterocycles. The minimum atomic E-state index is -0.281. The fourth-order valence-electron chi connectivity index (χ4n) is 1.79. The van der Waals surface area contributed by atoms with E-state index in [1.54, 1.807) is 12.3 Å². The lowest BCUT2D eigenvalue weighted by molar-refractivity contribution is 0.0373. The molecular formula is C12H17BrN4O2S. The van der Waals surface area contributed by atoms with Crippen molar-refractivity contribution >= 4 is 40.6 Å². The molecule has 110 valence electrons. The summed E-state index contributed by atoms with van der Waals surface area (Å²) >= 11 is 7.49. The van der Waals surface area contributed by atoms with Gasteiger partial charge in [0.15, 0.2) is 0 Å². The van der Waals surface area contributed by atoms with E-state index in [2.05, 4.69) is 43.9 Å². The number of anilines is 1. The second-order valence-corrected chi connectivity index (χ2v) is 5.77. The number of urea groups is 1. The molecule has 0 aromatic carbocycles. The first kappa shape index (κ1) is 15.6. The Morgan fingerprint density at radius 3 is 2.90 bits per heavy atom. The summed E-state index contributed by atoms with van der Waals surface area (Å²) in [6.45, 7) is 4.64. The molecule has 1 aromatic heterocycles. The summed E-state index contributed by atoms with van der Waals surface area (Å²) < 4.78 is 7.50. The molecule has 6 nitrogen and oxygen atoms in total. The molecule has 20 heavy (non-hydrogen) atoms. The van der Waals surface area contributed by atoms with Crippen LogP contribution in [0, 0.1) is 0 Å². The third kappa shape index (κ3) is 4.93. The van der Waals surface area contributed by atoms with Crippen LogP contribution in [0.5, 0.6) is 0 Å². The summed E-state index contributed by atoms with van der Waals surface area (Å²) in [4.78, 5) is 18.2. The standard InChI is InChI=1S/C12H17BrN4O2S/c13-10-1-2-11(14-9-10)15-12(18)17(20)4-3-16-5-7-19-8-6-16/h1-2,9,20H,3-8H2,(H,14,15,18). The van der Waals surface area contributed by atoms with Gasteiger partial charge in [0.25, 0.3) is 0 Å². The summed E-state index contributed by atoms with van der Waals surface area (Å²) in [6.07, 6.45) is 1.63. The topological polar surface area (TPSA) is 57.7 Å². The third-order valence-corrected chi connectivity index (χ3v) is 3.78. The van der Waals surface area contributed by atoms with Gasteiger partial charge in [0.1, 0.15) is 5.82 Å². The van der Waals surface area contributed by atoms with Crippen LogP contribution in [0.1, 0.15) is 0 Å². The molecule has 1 aliphatic rings. The Balaban J connectivity index is 1.75. The Bertz CT molecular complexity index is 440. The number of thiol groups is 1. The first-order chi connectivity index (χ1) is 9.65. The van der Waals surface area contributed by atoms with Gasteiger partial charge < -0.3 is 4.74 Å². The zero-order chi connectivity index (χ0) is 14.4. The second-order valence-electron chi connectivity index (χ2n) is 4.37. The Morgan fingerprint density at radius 2 is 2.25 bits per heavy atom. The molecule has 0 saturated carbocycles. The molecule has 8 heteroatoms. The number of amides is 2. The van der Waals surface area contributed by atoms with Crippen molar-refractivity contribution < 1.29 is 9.53 Å². The SMILES string of the molecule is O=C(Nc1ccc(Br)cn1)N(S)CCN1CCOCC1. The van der Waals surface area contributed by atoms with Gasteiger partial charge in [0, 0.05) is 36.8 Å². The first-order valence-electron chi connectivity index (χ1n) is 6.34. The molecule has 2 rings (SSSR count). The van der Waals surface area contributed by atoms with Gasteiger partial charge in [-0.3, -0.25) is 14.5 Å². The minimum absolute atomic E-state index is 0.281. The first-order valence-corrected chi connectivity index (χ1v) is 7.53. The summed E-state index contributed by atoms with van der Waals surface area (Å²) in [6, 6.07) is 3.27. The highest BCUT2D eigenvalue weighted by Gasteiger charge is 2.14. The fraction of sp³-hybridized carbons (Fsp3) is 0.500. The molecule has 1 saturated heterocycles. The largest absolute Gasteiger partial charge is 0.379 e. The fourth-order valence-corrected chi connectivity index (χ4v) is 2.16. The van der Waals surface area contributed by atoms with E-state index in [1.807, 2.05) is 6.07 Å². The summed E-state index contributed by atoms with van der Waals surface area (Å²) in [5.41, 5.74) is 0.